The van der Waals surface area contributed by atoms with Gasteiger partial charge in [0.2, 0.25) is 0 Å². The summed E-state index contributed by atoms with van der Waals surface area (Å²) in [6.45, 7) is 1.17. The molecule has 0 amide bonds. The molecular formula is C9H14F2N6. The quantitative estimate of drug-likeness (QED) is 0.835. The van der Waals surface area contributed by atoms with E-state index in [0.29, 0.717) is 18.7 Å². The van der Waals surface area contributed by atoms with Crippen LogP contribution in [0.15, 0.2) is 0 Å². The molecule has 0 fully saturated rings. The molecule has 3 N–H and O–H groups in total. The summed E-state index contributed by atoms with van der Waals surface area (Å²) in [6.07, 6.45) is -2.65. The molecule has 2 aromatic rings. The Morgan fingerprint density at radius 3 is 2.76 bits per heavy atom. The highest BCUT2D eigenvalue weighted by Crippen LogP contribution is 2.29. The highest BCUT2D eigenvalue weighted by molar-refractivity contribution is 5.89. The van der Waals surface area contributed by atoms with Crippen molar-refractivity contribution in [3.63, 3.8) is 0 Å². The molecule has 0 unspecified atom stereocenters. The zero-order valence-electron chi connectivity index (χ0n) is 9.61. The van der Waals surface area contributed by atoms with Gasteiger partial charge in [-0.3, -0.25) is 5.10 Å². The summed E-state index contributed by atoms with van der Waals surface area (Å²) in [4.78, 5) is 1.94. The van der Waals surface area contributed by atoms with Crippen LogP contribution in [-0.2, 0) is 6.54 Å². The Labute approximate surface area is 96.4 Å². The van der Waals surface area contributed by atoms with Crippen molar-refractivity contribution in [2.24, 2.45) is 0 Å². The van der Waals surface area contributed by atoms with Gasteiger partial charge in [-0.05, 0) is 14.1 Å². The third-order valence-corrected chi connectivity index (χ3v) is 2.47. The molecule has 0 aromatic carbocycles. The number of alkyl halides is 2. The molecule has 8 heteroatoms. The number of nitrogens with two attached hydrogens (primary N) is 1. The molecule has 0 aliphatic carbocycles. The molecule has 0 bridgehead atoms. The number of nitrogens with one attached hydrogen (secondary N) is 1. The van der Waals surface area contributed by atoms with Gasteiger partial charge in [0, 0.05) is 6.54 Å². The summed E-state index contributed by atoms with van der Waals surface area (Å²) < 4.78 is 27.0. The Kier molecular flexibility index (Phi) is 2.97. The van der Waals surface area contributed by atoms with Crippen LogP contribution in [0.1, 0.15) is 12.1 Å². The van der Waals surface area contributed by atoms with Crippen LogP contribution in [0, 0.1) is 0 Å². The second-order valence-electron chi connectivity index (χ2n) is 4.05. The maximum absolute atomic E-state index is 12.8. The van der Waals surface area contributed by atoms with Gasteiger partial charge in [-0.15, -0.1) is 0 Å². The van der Waals surface area contributed by atoms with E-state index in [1.165, 1.54) is 4.68 Å². The lowest BCUT2D eigenvalue weighted by atomic mass is 10.3. The number of nitrogen functional groups attached to an aromatic ring is 1. The Morgan fingerprint density at radius 1 is 1.47 bits per heavy atom. The van der Waals surface area contributed by atoms with E-state index in [9.17, 15) is 8.78 Å². The van der Waals surface area contributed by atoms with Gasteiger partial charge in [-0.1, -0.05) is 0 Å². The molecule has 0 atom stereocenters. The lowest BCUT2D eigenvalue weighted by molar-refractivity contribution is 0.146. The first kappa shape index (κ1) is 11.8. The summed E-state index contributed by atoms with van der Waals surface area (Å²) in [6, 6.07) is 0. The van der Waals surface area contributed by atoms with E-state index in [1.54, 1.807) is 0 Å². The number of anilines is 1. The average Bonchev–Trinajstić information content (AvgIpc) is 2.77. The fourth-order valence-corrected chi connectivity index (χ4v) is 1.62. The molecule has 2 rings (SSSR count). The minimum Gasteiger partial charge on any atom is -0.383 e. The van der Waals surface area contributed by atoms with Gasteiger partial charge in [0.1, 0.15) is 11.5 Å². The number of hydrogen-bond donors (Lipinski definition) is 2. The smallest absolute Gasteiger partial charge is 0.282 e. The van der Waals surface area contributed by atoms with Crippen molar-refractivity contribution in [3.8, 4) is 0 Å². The van der Waals surface area contributed by atoms with E-state index in [0.717, 1.165) is 0 Å². The lowest BCUT2D eigenvalue weighted by Gasteiger charge is -2.08. The number of fused-ring (bicyclic) bond motifs is 1. The number of rotatable bonds is 4. The second kappa shape index (κ2) is 4.28. The van der Waals surface area contributed by atoms with Crippen molar-refractivity contribution in [2.75, 3.05) is 26.4 Å². The number of likely N-dealkylation sites (N-methyl/N-ethyl adjacent to an activating group) is 1. The van der Waals surface area contributed by atoms with Gasteiger partial charge in [0.25, 0.3) is 6.43 Å². The normalized spacial score (nSPS) is 12.1. The largest absolute Gasteiger partial charge is 0.383 e. The zero-order valence-corrected chi connectivity index (χ0v) is 9.61. The van der Waals surface area contributed by atoms with Crippen LogP contribution in [0.3, 0.4) is 0 Å². The van der Waals surface area contributed by atoms with Gasteiger partial charge < -0.3 is 10.6 Å². The molecule has 2 aromatic heterocycles. The lowest BCUT2D eigenvalue weighted by Crippen LogP contribution is -2.19. The molecule has 17 heavy (non-hydrogen) atoms. The molecule has 0 aliphatic heterocycles. The van der Waals surface area contributed by atoms with Crippen LogP contribution in [-0.4, -0.2) is 45.5 Å². The number of aromatic nitrogens is 4. The van der Waals surface area contributed by atoms with Crippen molar-refractivity contribution in [1.82, 2.24) is 24.9 Å². The van der Waals surface area contributed by atoms with Gasteiger partial charge in [0.15, 0.2) is 5.65 Å². The first-order chi connectivity index (χ1) is 8.00. The van der Waals surface area contributed by atoms with Crippen LogP contribution < -0.4 is 5.73 Å². The zero-order chi connectivity index (χ0) is 12.6. The molecular weight excluding hydrogens is 230 g/mol. The summed E-state index contributed by atoms with van der Waals surface area (Å²) in [7, 11) is 3.79. The van der Waals surface area contributed by atoms with E-state index in [-0.39, 0.29) is 16.9 Å². The van der Waals surface area contributed by atoms with Crippen LogP contribution >= 0.6 is 0 Å². The molecule has 0 saturated heterocycles. The molecule has 6 nitrogen and oxygen atoms in total. The maximum Gasteiger partial charge on any atom is 0.282 e. The highest BCUT2D eigenvalue weighted by Gasteiger charge is 2.22. The number of aromatic amines is 1. The Bertz CT molecular complexity index is 515. The van der Waals surface area contributed by atoms with Crippen molar-refractivity contribution in [2.45, 2.75) is 13.0 Å². The van der Waals surface area contributed by atoms with Crippen molar-refractivity contribution in [1.29, 1.82) is 0 Å². The monoisotopic (exact) mass is 244 g/mol. The predicted molar refractivity (Wildman–Crippen MR) is 59.8 cm³/mol. The summed E-state index contributed by atoms with van der Waals surface area (Å²) in [5.74, 6) is 0.131. The summed E-state index contributed by atoms with van der Waals surface area (Å²) >= 11 is 0. The Balaban J connectivity index is 2.43. The minimum absolute atomic E-state index is 0.131. The van der Waals surface area contributed by atoms with E-state index >= 15 is 0 Å². The first-order valence-electron chi connectivity index (χ1n) is 5.14. The number of hydrogen-bond acceptors (Lipinski definition) is 4. The maximum atomic E-state index is 12.8. The topological polar surface area (TPSA) is 75.8 Å². The second-order valence-corrected chi connectivity index (χ2v) is 4.05. The van der Waals surface area contributed by atoms with Gasteiger partial charge >= 0.3 is 0 Å². The third kappa shape index (κ3) is 2.07. The van der Waals surface area contributed by atoms with Crippen molar-refractivity contribution in [3.05, 3.63) is 5.69 Å². The van der Waals surface area contributed by atoms with Crippen LogP contribution in [0.4, 0.5) is 14.6 Å². The van der Waals surface area contributed by atoms with E-state index in [4.69, 9.17) is 5.73 Å². The SMILES string of the molecule is CN(C)CCn1nc(C(F)F)c2c(N)[nH]nc21. The van der Waals surface area contributed by atoms with Crippen molar-refractivity contribution < 1.29 is 8.78 Å². The molecule has 0 aliphatic rings. The summed E-state index contributed by atoms with van der Waals surface area (Å²) in [5.41, 5.74) is 5.63. The van der Waals surface area contributed by atoms with Crippen LogP contribution in [0.2, 0.25) is 0 Å². The molecule has 0 saturated carbocycles. The molecule has 0 radical (unpaired) electrons. The van der Waals surface area contributed by atoms with Gasteiger partial charge in [-0.2, -0.15) is 10.2 Å². The third-order valence-electron chi connectivity index (χ3n) is 2.47. The Hall–Kier alpha value is -1.70. The Morgan fingerprint density at radius 2 is 2.18 bits per heavy atom. The standard InChI is InChI=1S/C9H14F2N6/c1-16(2)3-4-17-9-5(8(12)13-14-9)6(15-17)7(10)11/h7H,3-4H2,1-2H3,(H3,12,13,14). The fraction of sp³-hybridized carbons (Fsp3) is 0.556. The van der Waals surface area contributed by atoms with Crippen LogP contribution in [0.5, 0.6) is 0 Å². The van der Waals surface area contributed by atoms with E-state index in [2.05, 4.69) is 15.3 Å². The van der Waals surface area contributed by atoms with Gasteiger partial charge in [-0.25, -0.2) is 13.5 Å². The number of halogens is 2. The van der Waals surface area contributed by atoms with E-state index in [1.807, 2.05) is 19.0 Å². The summed E-state index contributed by atoms with van der Waals surface area (Å²) in [5, 5.41) is 10.5. The minimum atomic E-state index is -2.65. The number of nitrogens with zero attached hydrogens (tertiary/aromatic N) is 4. The fourth-order valence-electron chi connectivity index (χ4n) is 1.62. The predicted octanol–water partition coefficient (Wildman–Crippen LogP) is 0.841. The van der Waals surface area contributed by atoms with Gasteiger partial charge in [0.05, 0.1) is 11.9 Å². The first-order valence-corrected chi connectivity index (χ1v) is 5.14. The molecule has 94 valence electrons. The van der Waals surface area contributed by atoms with Crippen molar-refractivity contribution >= 4 is 16.9 Å². The van der Waals surface area contributed by atoms with Crippen LogP contribution in [0.25, 0.3) is 11.0 Å². The number of H-pyrrole nitrogens is 1. The highest BCUT2D eigenvalue weighted by atomic mass is 19.3. The molecule has 2 heterocycles. The average molecular weight is 244 g/mol. The molecule has 0 spiro atoms. The van der Waals surface area contributed by atoms with E-state index < -0.39 is 6.43 Å².